The molecule has 11 heavy (non-hydrogen) atoms. The predicted octanol–water partition coefficient (Wildman–Crippen LogP) is 2.28. The Hall–Kier alpha value is -1.31. The van der Waals surface area contributed by atoms with Gasteiger partial charge in [0, 0.05) is 11.1 Å². The summed E-state index contributed by atoms with van der Waals surface area (Å²) in [6, 6.07) is 4.73. The first-order valence-electron chi connectivity index (χ1n) is 3.46. The van der Waals surface area contributed by atoms with Gasteiger partial charge in [-0.2, -0.15) is 0 Å². The first kappa shape index (κ1) is 6.40. The lowest BCUT2D eigenvalue weighted by atomic mass is 10.1. The molecule has 1 aromatic rings. The van der Waals surface area contributed by atoms with E-state index in [9.17, 15) is 9.50 Å². The third-order valence-corrected chi connectivity index (χ3v) is 1.89. The predicted molar refractivity (Wildman–Crippen MR) is 40.7 cm³/mol. The molecule has 0 bridgehead atoms. The van der Waals surface area contributed by atoms with Crippen LogP contribution in [-0.4, -0.2) is 5.11 Å². The maximum Gasteiger partial charge on any atom is 0.127 e. The fourth-order valence-electron chi connectivity index (χ4n) is 1.31. The Balaban J connectivity index is 2.64. The molecule has 0 aliphatic heterocycles. The lowest BCUT2D eigenvalue weighted by molar-refractivity contribution is 0.512. The molecule has 0 fully saturated rings. The minimum Gasteiger partial charge on any atom is -0.508 e. The molecule has 0 atom stereocenters. The summed E-state index contributed by atoms with van der Waals surface area (Å²) in [6.45, 7) is 0. The lowest BCUT2D eigenvalue weighted by Gasteiger charge is -1.99. The van der Waals surface area contributed by atoms with Crippen molar-refractivity contribution in [1.82, 2.24) is 0 Å². The molecule has 1 nitrogen and oxygen atoms in total. The highest BCUT2D eigenvalue weighted by Gasteiger charge is 2.15. The molecule has 1 aromatic carbocycles. The van der Waals surface area contributed by atoms with Gasteiger partial charge in [0.2, 0.25) is 0 Å². The van der Waals surface area contributed by atoms with Crippen LogP contribution >= 0.6 is 0 Å². The normalized spacial score (nSPS) is 14.5. The van der Waals surface area contributed by atoms with E-state index in [0.29, 0.717) is 17.5 Å². The van der Waals surface area contributed by atoms with Crippen LogP contribution in [0.2, 0.25) is 0 Å². The highest BCUT2D eigenvalue weighted by atomic mass is 19.1. The van der Waals surface area contributed by atoms with Crippen molar-refractivity contribution in [2.45, 2.75) is 6.42 Å². The molecule has 0 unspecified atom stereocenters. The van der Waals surface area contributed by atoms with Crippen molar-refractivity contribution >= 4 is 5.76 Å². The summed E-state index contributed by atoms with van der Waals surface area (Å²) in [4.78, 5) is 0. The first-order chi connectivity index (χ1) is 5.29. The molecule has 56 valence electrons. The van der Waals surface area contributed by atoms with Crippen LogP contribution in [0.25, 0.3) is 5.76 Å². The second-order valence-electron chi connectivity index (χ2n) is 2.56. The van der Waals surface area contributed by atoms with Crippen molar-refractivity contribution < 1.29 is 9.50 Å². The second-order valence-corrected chi connectivity index (χ2v) is 2.56. The Kier molecular flexibility index (Phi) is 1.22. The maximum absolute atomic E-state index is 12.9. The van der Waals surface area contributed by atoms with Crippen molar-refractivity contribution in [3.63, 3.8) is 0 Å². The van der Waals surface area contributed by atoms with E-state index < -0.39 is 0 Å². The van der Waals surface area contributed by atoms with Crippen LogP contribution in [0.3, 0.4) is 0 Å². The zero-order valence-corrected chi connectivity index (χ0v) is 5.84. The summed E-state index contributed by atoms with van der Waals surface area (Å²) in [5, 5.41) is 9.20. The van der Waals surface area contributed by atoms with Crippen LogP contribution in [0.5, 0.6) is 0 Å². The van der Waals surface area contributed by atoms with Gasteiger partial charge in [0.1, 0.15) is 11.6 Å². The van der Waals surface area contributed by atoms with Gasteiger partial charge >= 0.3 is 0 Å². The van der Waals surface area contributed by atoms with Crippen LogP contribution < -0.4 is 0 Å². The number of halogens is 1. The highest BCUT2D eigenvalue weighted by molar-refractivity contribution is 5.67. The molecule has 2 rings (SSSR count). The smallest absolute Gasteiger partial charge is 0.127 e. The number of rotatable bonds is 0. The average molecular weight is 150 g/mol. The van der Waals surface area contributed by atoms with Crippen molar-refractivity contribution in [1.29, 1.82) is 0 Å². The van der Waals surface area contributed by atoms with Gasteiger partial charge in [-0.3, -0.25) is 0 Å². The Morgan fingerprint density at radius 2 is 2.18 bits per heavy atom. The second kappa shape index (κ2) is 2.09. The lowest BCUT2D eigenvalue weighted by Crippen LogP contribution is -1.88. The molecule has 0 saturated heterocycles. The topological polar surface area (TPSA) is 20.2 Å². The number of benzene rings is 1. The third-order valence-electron chi connectivity index (χ3n) is 1.89. The molecule has 1 N–H and O–H groups in total. The van der Waals surface area contributed by atoms with Crippen LogP contribution in [0, 0.1) is 5.82 Å². The number of hydrogen-bond acceptors (Lipinski definition) is 1. The molecular weight excluding hydrogens is 143 g/mol. The van der Waals surface area contributed by atoms with Crippen molar-refractivity contribution in [2.24, 2.45) is 0 Å². The van der Waals surface area contributed by atoms with E-state index in [1.165, 1.54) is 6.07 Å². The molecule has 0 amide bonds. The van der Waals surface area contributed by atoms with Crippen LogP contribution in [0.4, 0.5) is 4.39 Å². The summed E-state index contributed by atoms with van der Waals surface area (Å²) < 4.78 is 12.9. The van der Waals surface area contributed by atoms with E-state index in [0.717, 1.165) is 0 Å². The molecule has 1 aliphatic rings. The van der Waals surface area contributed by atoms with Gasteiger partial charge in [0.25, 0.3) is 0 Å². The zero-order valence-electron chi connectivity index (χ0n) is 5.84. The van der Waals surface area contributed by atoms with Gasteiger partial charge < -0.3 is 5.11 Å². The SMILES string of the molecule is OC1=CCc2c(F)cccc21. The minimum atomic E-state index is -0.234. The third kappa shape index (κ3) is 0.827. The summed E-state index contributed by atoms with van der Waals surface area (Å²) in [5.74, 6) is -0.0395. The van der Waals surface area contributed by atoms with Crippen LogP contribution in [-0.2, 0) is 6.42 Å². The monoisotopic (exact) mass is 150 g/mol. The van der Waals surface area contributed by atoms with Crippen molar-refractivity contribution in [3.8, 4) is 0 Å². The van der Waals surface area contributed by atoms with E-state index >= 15 is 0 Å². The van der Waals surface area contributed by atoms with E-state index in [4.69, 9.17) is 0 Å². The Bertz CT molecular complexity index is 328. The summed E-state index contributed by atoms with van der Waals surface area (Å²) >= 11 is 0. The van der Waals surface area contributed by atoms with E-state index in [1.807, 2.05) is 0 Å². The number of aliphatic hydroxyl groups excluding tert-OH is 1. The molecule has 0 aromatic heterocycles. The average Bonchev–Trinajstić information content (AvgIpc) is 2.35. The highest BCUT2D eigenvalue weighted by Crippen LogP contribution is 2.26. The summed E-state index contributed by atoms with van der Waals surface area (Å²) in [7, 11) is 0. The molecule has 0 spiro atoms. The molecule has 0 radical (unpaired) electrons. The minimum absolute atomic E-state index is 0.194. The first-order valence-corrected chi connectivity index (χ1v) is 3.46. The fourth-order valence-corrected chi connectivity index (χ4v) is 1.31. The van der Waals surface area contributed by atoms with Gasteiger partial charge in [0.05, 0.1) is 0 Å². The van der Waals surface area contributed by atoms with E-state index in [2.05, 4.69) is 0 Å². The Morgan fingerprint density at radius 1 is 1.36 bits per heavy atom. The molecule has 0 heterocycles. The molecule has 0 saturated carbocycles. The maximum atomic E-state index is 12.9. The fraction of sp³-hybridized carbons (Fsp3) is 0.111. The number of hydrogen-bond donors (Lipinski definition) is 1. The van der Waals surface area contributed by atoms with Crippen molar-refractivity contribution in [3.05, 3.63) is 41.2 Å². The van der Waals surface area contributed by atoms with Gasteiger partial charge in [-0.25, -0.2) is 4.39 Å². The van der Waals surface area contributed by atoms with Gasteiger partial charge in [-0.15, -0.1) is 0 Å². The van der Waals surface area contributed by atoms with Gasteiger partial charge in [-0.1, -0.05) is 12.1 Å². The standard InChI is InChI=1S/C9H7FO/c10-8-3-1-2-7-6(8)4-5-9(7)11/h1-3,5,11H,4H2. The van der Waals surface area contributed by atoms with Gasteiger partial charge in [0.15, 0.2) is 0 Å². The van der Waals surface area contributed by atoms with E-state index in [-0.39, 0.29) is 11.6 Å². The molecular formula is C9H7FO. The quantitative estimate of drug-likeness (QED) is 0.601. The van der Waals surface area contributed by atoms with Crippen LogP contribution in [0.15, 0.2) is 24.3 Å². The zero-order chi connectivity index (χ0) is 7.84. The molecule has 2 heteroatoms. The summed E-state index contributed by atoms with van der Waals surface area (Å²) in [6.07, 6.45) is 2.13. The Morgan fingerprint density at radius 3 is 2.91 bits per heavy atom. The summed E-state index contributed by atoms with van der Waals surface area (Å²) in [5.41, 5.74) is 1.23. The molecule has 1 aliphatic carbocycles. The Labute approximate surface area is 63.8 Å². The van der Waals surface area contributed by atoms with Crippen LogP contribution in [0.1, 0.15) is 11.1 Å². The largest absolute Gasteiger partial charge is 0.508 e. The van der Waals surface area contributed by atoms with E-state index in [1.54, 1.807) is 18.2 Å². The van der Waals surface area contributed by atoms with Gasteiger partial charge in [-0.05, 0) is 18.6 Å². The van der Waals surface area contributed by atoms with Crippen molar-refractivity contribution in [2.75, 3.05) is 0 Å². The number of allylic oxidation sites excluding steroid dienone is 1. The number of aliphatic hydroxyl groups is 1. The number of fused-ring (bicyclic) bond motifs is 1.